The van der Waals surface area contributed by atoms with Crippen molar-refractivity contribution >= 4 is 53.6 Å². The average Bonchev–Trinajstić information content (AvgIpc) is 3.26. The number of anilines is 1. The van der Waals surface area contributed by atoms with Gasteiger partial charge in [0, 0.05) is 41.7 Å². The SMILES string of the molecule is CCOP(=O)(Cc1ccc(NC(=O)CCc2sc(N=CN(C)C)nc2-c2ccc(Cl)cc2)cc1)OCC. The van der Waals surface area contributed by atoms with Crippen LogP contribution in [0.15, 0.2) is 53.5 Å². The molecule has 0 fully saturated rings. The van der Waals surface area contributed by atoms with E-state index >= 15 is 0 Å². The Morgan fingerprint density at radius 2 is 1.76 bits per heavy atom. The van der Waals surface area contributed by atoms with Gasteiger partial charge in [0.15, 0.2) is 0 Å². The number of carbonyl (C=O) groups excluding carboxylic acids is 1. The highest BCUT2D eigenvalue weighted by Gasteiger charge is 2.24. The summed E-state index contributed by atoms with van der Waals surface area (Å²) in [6.07, 6.45) is 2.68. The monoisotopic (exact) mass is 562 g/mol. The minimum absolute atomic E-state index is 0.115. The molecule has 3 aromatic rings. The number of aliphatic imine (C=N–C) groups is 1. The van der Waals surface area contributed by atoms with E-state index in [1.165, 1.54) is 11.3 Å². The van der Waals surface area contributed by atoms with Gasteiger partial charge >= 0.3 is 7.60 Å². The van der Waals surface area contributed by atoms with E-state index in [2.05, 4.69) is 15.3 Å². The molecule has 0 saturated carbocycles. The van der Waals surface area contributed by atoms with Crippen molar-refractivity contribution in [2.45, 2.75) is 32.9 Å². The summed E-state index contributed by atoms with van der Waals surface area (Å²) >= 11 is 7.52. The van der Waals surface area contributed by atoms with Gasteiger partial charge in [-0.3, -0.25) is 9.36 Å². The van der Waals surface area contributed by atoms with Crippen LogP contribution in [0.2, 0.25) is 5.02 Å². The fourth-order valence-electron chi connectivity index (χ4n) is 3.45. The first-order chi connectivity index (χ1) is 17.7. The summed E-state index contributed by atoms with van der Waals surface area (Å²) in [5, 5.41) is 4.20. The van der Waals surface area contributed by atoms with E-state index in [0.717, 1.165) is 21.7 Å². The van der Waals surface area contributed by atoms with Gasteiger partial charge in [0.2, 0.25) is 11.0 Å². The predicted molar refractivity (Wildman–Crippen MR) is 152 cm³/mol. The van der Waals surface area contributed by atoms with Crippen LogP contribution in [0.3, 0.4) is 0 Å². The Balaban J connectivity index is 1.66. The zero-order chi connectivity index (χ0) is 26.8. The number of benzene rings is 2. The van der Waals surface area contributed by atoms with Gasteiger partial charge in [-0.15, -0.1) is 0 Å². The zero-order valence-corrected chi connectivity index (χ0v) is 23.9. The smallest absolute Gasteiger partial charge is 0.335 e. The number of nitrogens with zero attached hydrogens (tertiary/aromatic N) is 3. The molecule has 11 heteroatoms. The highest BCUT2D eigenvalue weighted by molar-refractivity contribution is 7.53. The number of thiazole rings is 1. The first-order valence-electron chi connectivity index (χ1n) is 11.9. The lowest BCUT2D eigenvalue weighted by Gasteiger charge is -2.17. The van der Waals surface area contributed by atoms with Crippen LogP contribution in [0.5, 0.6) is 0 Å². The highest BCUT2D eigenvalue weighted by Crippen LogP contribution is 2.51. The van der Waals surface area contributed by atoms with E-state index in [0.29, 0.717) is 35.5 Å². The second kappa shape index (κ2) is 13.8. The van der Waals surface area contributed by atoms with E-state index in [9.17, 15) is 9.36 Å². The van der Waals surface area contributed by atoms with Gasteiger partial charge in [0.25, 0.3) is 0 Å². The lowest BCUT2D eigenvalue weighted by Crippen LogP contribution is -2.12. The number of carbonyl (C=O) groups is 1. The van der Waals surface area contributed by atoms with Crippen LogP contribution in [0, 0.1) is 0 Å². The maximum Gasteiger partial charge on any atom is 0.335 e. The van der Waals surface area contributed by atoms with Crippen LogP contribution in [-0.2, 0) is 31.0 Å². The summed E-state index contributed by atoms with van der Waals surface area (Å²) in [7, 11) is 0.606. The molecule has 2 aromatic carbocycles. The Morgan fingerprint density at radius 1 is 1.11 bits per heavy atom. The number of halogens is 1. The Morgan fingerprint density at radius 3 is 2.35 bits per heavy atom. The maximum absolute atomic E-state index is 12.8. The lowest BCUT2D eigenvalue weighted by molar-refractivity contribution is -0.116. The van der Waals surface area contributed by atoms with Gasteiger partial charge in [0.1, 0.15) is 0 Å². The number of aryl methyl sites for hydroxylation is 1. The minimum Gasteiger partial charge on any atom is -0.369 e. The Kier molecular flexibility index (Phi) is 10.9. The van der Waals surface area contributed by atoms with Crippen molar-refractivity contribution in [1.29, 1.82) is 0 Å². The van der Waals surface area contributed by atoms with Crippen LogP contribution >= 0.6 is 30.5 Å². The number of aromatic nitrogens is 1. The van der Waals surface area contributed by atoms with E-state index in [1.807, 2.05) is 55.4 Å². The van der Waals surface area contributed by atoms with Crippen LogP contribution in [0.4, 0.5) is 10.8 Å². The van der Waals surface area contributed by atoms with Crippen LogP contribution in [-0.4, -0.2) is 49.4 Å². The standard InChI is InChI=1S/C26H32ClN4O4PS/c1-5-34-36(33,35-6-2)17-19-7-13-22(14-8-19)29-24(32)16-15-23-25(20-9-11-21(27)12-10-20)30-26(37-23)28-18-31(3)4/h7-14,18H,5-6,15-17H2,1-4H3,(H,29,32). The van der Waals surface area contributed by atoms with Gasteiger partial charge in [-0.1, -0.05) is 47.2 Å². The highest BCUT2D eigenvalue weighted by atomic mass is 35.5. The Labute approximate surface area is 227 Å². The second-order valence-electron chi connectivity index (χ2n) is 8.33. The van der Waals surface area contributed by atoms with Crippen molar-refractivity contribution in [3.8, 4) is 11.3 Å². The van der Waals surface area contributed by atoms with Crippen molar-refractivity contribution < 1.29 is 18.4 Å². The molecule has 198 valence electrons. The van der Waals surface area contributed by atoms with Crippen molar-refractivity contribution in [3.05, 3.63) is 64.0 Å². The number of nitrogens with one attached hydrogen (secondary N) is 1. The van der Waals surface area contributed by atoms with Gasteiger partial charge < -0.3 is 19.3 Å². The molecule has 8 nitrogen and oxygen atoms in total. The molecule has 0 aliphatic carbocycles. The molecule has 0 aliphatic heterocycles. The third-order valence-corrected chi connectivity index (χ3v) is 8.38. The van der Waals surface area contributed by atoms with Gasteiger partial charge in [-0.2, -0.15) is 0 Å². The molecule has 0 atom stereocenters. The normalized spacial score (nSPS) is 11.7. The van der Waals surface area contributed by atoms with Crippen molar-refractivity contribution in [1.82, 2.24) is 9.88 Å². The first kappa shape index (κ1) is 29.0. The molecule has 37 heavy (non-hydrogen) atoms. The fourth-order valence-corrected chi connectivity index (χ4v) is 6.20. The van der Waals surface area contributed by atoms with Crippen molar-refractivity contribution in [2.24, 2.45) is 4.99 Å². The number of amides is 1. The third kappa shape index (κ3) is 9.05. The second-order valence-corrected chi connectivity index (χ2v) is 11.9. The summed E-state index contributed by atoms with van der Waals surface area (Å²) in [5.41, 5.74) is 3.20. The number of rotatable bonds is 13. The molecule has 0 aliphatic rings. The molecular weight excluding hydrogens is 531 g/mol. The summed E-state index contributed by atoms with van der Waals surface area (Å²) in [4.78, 5) is 24.6. The summed E-state index contributed by atoms with van der Waals surface area (Å²) in [6, 6.07) is 14.7. The summed E-state index contributed by atoms with van der Waals surface area (Å²) in [5.74, 6) is -0.115. The lowest BCUT2D eigenvalue weighted by atomic mass is 10.1. The predicted octanol–water partition coefficient (Wildman–Crippen LogP) is 7.02. The quantitative estimate of drug-likeness (QED) is 0.137. The molecule has 1 N–H and O–H groups in total. The first-order valence-corrected chi connectivity index (χ1v) is 14.9. The van der Waals surface area contributed by atoms with Crippen LogP contribution < -0.4 is 5.32 Å². The largest absolute Gasteiger partial charge is 0.369 e. The zero-order valence-electron chi connectivity index (χ0n) is 21.4. The Bertz CT molecular complexity index is 1240. The third-order valence-electron chi connectivity index (χ3n) is 5.05. The van der Waals surface area contributed by atoms with E-state index in [-0.39, 0.29) is 18.5 Å². The molecule has 0 radical (unpaired) electrons. The van der Waals surface area contributed by atoms with Crippen molar-refractivity contribution in [3.63, 3.8) is 0 Å². The molecular formula is C26H32ClN4O4PS. The van der Waals surface area contributed by atoms with Gasteiger partial charge in [-0.25, -0.2) is 9.98 Å². The summed E-state index contributed by atoms with van der Waals surface area (Å²) < 4.78 is 23.5. The van der Waals surface area contributed by atoms with E-state index in [4.69, 9.17) is 20.6 Å². The summed E-state index contributed by atoms with van der Waals surface area (Å²) in [6.45, 7) is 4.20. The average molecular weight is 563 g/mol. The van der Waals surface area contributed by atoms with E-state index < -0.39 is 7.60 Å². The van der Waals surface area contributed by atoms with E-state index in [1.54, 1.807) is 32.3 Å². The minimum atomic E-state index is -3.18. The van der Waals surface area contributed by atoms with Crippen LogP contribution in [0.1, 0.15) is 30.7 Å². The molecule has 1 heterocycles. The molecule has 1 aromatic heterocycles. The van der Waals surface area contributed by atoms with Gasteiger partial charge in [-0.05, 0) is 50.1 Å². The number of hydrogen-bond acceptors (Lipinski definition) is 7. The molecule has 0 unspecified atom stereocenters. The molecule has 1 amide bonds. The molecule has 3 rings (SSSR count). The van der Waals surface area contributed by atoms with Gasteiger partial charge in [0.05, 0.1) is 31.4 Å². The van der Waals surface area contributed by atoms with Crippen LogP contribution in [0.25, 0.3) is 11.3 Å². The Hall–Kier alpha value is -2.55. The topological polar surface area (TPSA) is 93.1 Å². The number of hydrogen-bond donors (Lipinski definition) is 1. The van der Waals surface area contributed by atoms with Crippen molar-refractivity contribution in [2.75, 3.05) is 32.6 Å². The fraction of sp³-hybridized carbons (Fsp3) is 0.346. The molecule has 0 spiro atoms. The molecule has 0 saturated heterocycles. The molecule has 0 bridgehead atoms. The maximum atomic E-state index is 12.8.